The van der Waals surface area contributed by atoms with Crippen molar-refractivity contribution in [3.05, 3.63) is 29.8 Å². The average molecular weight is 257 g/mol. The second-order valence-corrected chi connectivity index (χ2v) is 5.85. The summed E-state index contributed by atoms with van der Waals surface area (Å²) in [6, 6.07) is 5.19. The molecule has 1 N–H and O–H groups in total. The molecule has 0 heterocycles. The zero-order valence-corrected chi connectivity index (χ0v) is 10.7. The highest BCUT2D eigenvalue weighted by atomic mass is 32.2. The number of hydrogen-bond donors (Lipinski definition) is 1. The molecule has 0 aliphatic rings. The normalized spacial score (nSPS) is 13.6. The van der Waals surface area contributed by atoms with Gasteiger partial charge in [0.25, 0.3) is 0 Å². The van der Waals surface area contributed by atoms with E-state index in [9.17, 15) is 13.2 Å². The fourth-order valence-corrected chi connectivity index (χ4v) is 2.56. The van der Waals surface area contributed by atoms with Crippen LogP contribution in [0.5, 0.6) is 0 Å². The predicted molar refractivity (Wildman–Crippen MR) is 63.2 cm³/mol. The van der Waals surface area contributed by atoms with Gasteiger partial charge in [-0.2, -0.15) is 4.31 Å². The molecule has 0 amide bonds. The van der Waals surface area contributed by atoms with Crippen LogP contribution in [-0.2, 0) is 14.8 Å². The molecule has 0 spiro atoms. The van der Waals surface area contributed by atoms with E-state index >= 15 is 0 Å². The molecule has 0 saturated carbocycles. The number of sulfonamides is 1. The van der Waals surface area contributed by atoms with Crippen molar-refractivity contribution in [1.29, 1.82) is 0 Å². The van der Waals surface area contributed by atoms with E-state index in [4.69, 9.17) is 5.11 Å². The molecule has 0 aromatic heterocycles. The molecular formula is C11H15NO4S. The van der Waals surface area contributed by atoms with E-state index in [-0.39, 0.29) is 4.90 Å². The Kier molecular flexibility index (Phi) is 3.90. The van der Waals surface area contributed by atoms with Crippen LogP contribution in [0.15, 0.2) is 29.2 Å². The number of likely N-dealkylation sites (N-methyl/N-ethyl adjacent to an activating group) is 1. The molecule has 0 bridgehead atoms. The van der Waals surface area contributed by atoms with E-state index in [1.807, 2.05) is 6.92 Å². The molecule has 0 fully saturated rings. The van der Waals surface area contributed by atoms with Crippen molar-refractivity contribution in [3.63, 3.8) is 0 Å². The van der Waals surface area contributed by atoms with Crippen LogP contribution in [0.1, 0.15) is 12.5 Å². The fraction of sp³-hybridized carbons (Fsp3) is 0.364. The first-order valence-corrected chi connectivity index (χ1v) is 6.48. The minimum Gasteiger partial charge on any atom is -0.480 e. The van der Waals surface area contributed by atoms with Gasteiger partial charge in [-0.3, -0.25) is 4.79 Å². The third-order valence-electron chi connectivity index (χ3n) is 2.60. The van der Waals surface area contributed by atoms with Gasteiger partial charge < -0.3 is 5.11 Å². The first-order chi connectivity index (χ1) is 7.76. The number of aryl methyl sites for hydroxylation is 1. The smallest absolute Gasteiger partial charge is 0.321 e. The van der Waals surface area contributed by atoms with Gasteiger partial charge in [0.05, 0.1) is 4.90 Å². The van der Waals surface area contributed by atoms with Crippen molar-refractivity contribution in [3.8, 4) is 0 Å². The number of rotatable bonds is 4. The van der Waals surface area contributed by atoms with Gasteiger partial charge in [-0.15, -0.1) is 0 Å². The monoisotopic (exact) mass is 257 g/mol. The van der Waals surface area contributed by atoms with Crippen molar-refractivity contribution < 1.29 is 18.3 Å². The SMILES string of the molecule is Cc1ccc(S(=O)(=O)N(C)[C@@H](C)C(=O)O)cc1. The van der Waals surface area contributed by atoms with Crippen LogP contribution < -0.4 is 0 Å². The third-order valence-corrected chi connectivity index (χ3v) is 4.54. The Morgan fingerprint density at radius 3 is 2.18 bits per heavy atom. The molecule has 0 saturated heterocycles. The molecule has 0 aliphatic heterocycles. The second kappa shape index (κ2) is 4.85. The number of hydrogen-bond acceptors (Lipinski definition) is 3. The Hall–Kier alpha value is -1.40. The van der Waals surface area contributed by atoms with Crippen LogP contribution in [0.25, 0.3) is 0 Å². The summed E-state index contributed by atoms with van der Waals surface area (Å²) in [5.74, 6) is -1.18. The lowest BCUT2D eigenvalue weighted by Gasteiger charge is -2.20. The van der Waals surface area contributed by atoms with Crippen LogP contribution >= 0.6 is 0 Å². The molecule has 5 nitrogen and oxygen atoms in total. The molecule has 0 radical (unpaired) electrons. The van der Waals surface area contributed by atoms with Crippen LogP contribution in [0, 0.1) is 6.92 Å². The Labute approximate surface area is 101 Å². The number of carboxylic acid groups (broad SMARTS) is 1. The van der Waals surface area contributed by atoms with E-state index in [0.717, 1.165) is 9.87 Å². The largest absolute Gasteiger partial charge is 0.480 e. The van der Waals surface area contributed by atoms with E-state index in [2.05, 4.69) is 0 Å². The van der Waals surface area contributed by atoms with E-state index in [1.165, 1.54) is 26.1 Å². The third kappa shape index (κ3) is 2.83. The maximum atomic E-state index is 12.1. The fourth-order valence-electron chi connectivity index (χ4n) is 1.24. The number of benzene rings is 1. The van der Waals surface area contributed by atoms with Gasteiger partial charge in [0.1, 0.15) is 6.04 Å². The lowest BCUT2D eigenvalue weighted by Crippen LogP contribution is -2.40. The molecule has 1 rings (SSSR count). The van der Waals surface area contributed by atoms with Gasteiger partial charge in [0.15, 0.2) is 0 Å². The molecule has 1 atom stereocenters. The molecule has 1 aromatic rings. The molecule has 94 valence electrons. The molecular weight excluding hydrogens is 242 g/mol. The van der Waals surface area contributed by atoms with Crippen molar-refractivity contribution in [2.75, 3.05) is 7.05 Å². The summed E-state index contributed by atoms with van der Waals surface area (Å²) in [7, 11) is -2.49. The standard InChI is InChI=1S/C11H15NO4S/c1-8-4-6-10(7-5-8)17(15,16)12(3)9(2)11(13)14/h4-7,9H,1-3H3,(H,13,14)/t9-/m0/s1. The van der Waals surface area contributed by atoms with Gasteiger partial charge in [0.2, 0.25) is 10.0 Å². The molecule has 0 aliphatic carbocycles. The van der Waals surface area contributed by atoms with E-state index < -0.39 is 22.0 Å². The van der Waals surface area contributed by atoms with Crippen molar-refractivity contribution in [1.82, 2.24) is 4.31 Å². The van der Waals surface area contributed by atoms with Gasteiger partial charge in [-0.25, -0.2) is 8.42 Å². The number of aliphatic carboxylic acids is 1. The topological polar surface area (TPSA) is 74.7 Å². The second-order valence-electron chi connectivity index (χ2n) is 3.85. The number of carboxylic acids is 1. The molecule has 17 heavy (non-hydrogen) atoms. The van der Waals surface area contributed by atoms with Gasteiger partial charge in [-0.1, -0.05) is 17.7 Å². The van der Waals surface area contributed by atoms with Crippen LogP contribution in [0.4, 0.5) is 0 Å². The summed E-state index contributed by atoms with van der Waals surface area (Å²) in [6.07, 6.45) is 0. The summed E-state index contributed by atoms with van der Waals surface area (Å²) in [6.45, 7) is 3.17. The predicted octanol–water partition coefficient (Wildman–Crippen LogP) is 1.09. The minimum atomic E-state index is -3.75. The molecule has 6 heteroatoms. The summed E-state index contributed by atoms with van der Waals surface area (Å²) in [5, 5.41) is 8.80. The quantitative estimate of drug-likeness (QED) is 0.876. The Morgan fingerprint density at radius 2 is 1.76 bits per heavy atom. The maximum Gasteiger partial charge on any atom is 0.321 e. The van der Waals surface area contributed by atoms with E-state index in [0.29, 0.717) is 0 Å². The van der Waals surface area contributed by atoms with E-state index in [1.54, 1.807) is 12.1 Å². The average Bonchev–Trinajstić information content (AvgIpc) is 2.27. The van der Waals surface area contributed by atoms with Crippen LogP contribution in [0.3, 0.4) is 0 Å². The van der Waals surface area contributed by atoms with Crippen molar-refractivity contribution in [2.45, 2.75) is 24.8 Å². The highest BCUT2D eigenvalue weighted by molar-refractivity contribution is 7.89. The summed E-state index contributed by atoms with van der Waals surface area (Å²) in [5.41, 5.74) is 0.942. The lowest BCUT2D eigenvalue weighted by atomic mass is 10.2. The lowest BCUT2D eigenvalue weighted by molar-refractivity contribution is -0.140. The Bertz CT molecular complexity index is 507. The molecule has 1 aromatic carbocycles. The molecule has 0 unspecified atom stereocenters. The number of nitrogens with zero attached hydrogens (tertiary/aromatic N) is 1. The van der Waals surface area contributed by atoms with Gasteiger partial charge in [-0.05, 0) is 26.0 Å². The van der Waals surface area contributed by atoms with Crippen molar-refractivity contribution >= 4 is 16.0 Å². The number of carbonyl (C=O) groups is 1. The highest BCUT2D eigenvalue weighted by Crippen LogP contribution is 2.17. The van der Waals surface area contributed by atoms with Crippen molar-refractivity contribution in [2.24, 2.45) is 0 Å². The zero-order valence-electron chi connectivity index (χ0n) is 9.91. The first-order valence-electron chi connectivity index (χ1n) is 5.04. The summed E-state index contributed by atoms with van der Waals surface area (Å²) >= 11 is 0. The van der Waals surface area contributed by atoms with Crippen LogP contribution in [0.2, 0.25) is 0 Å². The first kappa shape index (κ1) is 13.7. The van der Waals surface area contributed by atoms with Gasteiger partial charge >= 0.3 is 5.97 Å². The maximum absolute atomic E-state index is 12.1. The summed E-state index contributed by atoms with van der Waals surface area (Å²) in [4.78, 5) is 10.9. The summed E-state index contributed by atoms with van der Waals surface area (Å²) < 4.78 is 25.0. The minimum absolute atomic E-state index is 0.0960. The Balaban J connectivity index is 3.11. The zero-order chi connectivity index (χ0) is 13.2. The Morgan fingerprint density at radius 1 is 1.29 bits per heavy atom. The van der Waals surface area contributed by atoms with Crippen LogP contribution in [-0.4, -0.2) is 36.9 Å². The van der Waals surface area contributed by atoms with Gasteiger partial charge in [0, 0.05) is 7.05 Å². The highest BCUT2D eigenvalue weighted by Gasteiger charge is 2.29.